The van der Waals surface area contributed by atoms with Crippen LogP contribution in [0.5, 0.6) is 0 Å². The molecule has 0 aromatic heterocycles. The van der Waals surface area contributed by atoms with Gasteiger partial charge in [-0.3, -0.25) is 0 Å². The van der Waals surface area contributed by atoms with Crippen LogP contribution in [0.25, 0.3) is 0 Å². The van der Waals surface area contributed by atoms with Crippen molar-refractivity contribution in [3.05, 3.63) is 54.1 Å². The molecule has 1 aliphatic rings. The zero-order chi connectivity index (χ0) is 19.3. The van der Waals surface area contributed by atoms with Crippen LogP contribution in [0.1, 0.15) is 51.0 Å². The largest absolute Gasteiger partial charge is 1.00 e. The molecule has 0 bridgehead atoms. The molecule has 0 amide bonds. The Bertz CT molecular complexity index is 859. The molecule has 0 radical (unpaired) electrons. The quantitative estimate of drug-likeness (QED) is 0.387. The topological polar surface area (TPSA) is 72.5 Å². The molecular weight excluding hydrogens is 383 g/mol. The smallest absolute Gasteiger partial charge is 0.744 e. The van der Waals surface area contributed by atoms with Crippen LogP contribution in [0.15, 0.2) is 53.4 Å². The standard InChI is InChI=1S/C21H28N2O3S.Na/c1-2-3-4-5-9-12-21-22-19-15-18(27(24,25)26)13-14-20(19)23(21)16-17-10-7-6-8-11-17;/h6-8,10-11,13-15,21-22H,2-5,9,12,16H2,1H3,(H,24,25,26);/q;+1/p-1. The van der Waals surface area contributed by atoms with Crippen molar-refractivity contribution in [3.8, 4) is 0 Å². The number of nitrogens with one attached hydrogen (secondary N) is 1. The molecule has 0 spiro atoms. The van der Waals surface area contributed by atoms with Gasteiger partial charge in [-0.05, 0) is 36.6 Å². The van der Waals surface area contributed by atoms with Crippen LogP contribution in [0, 0.1) is 0 Å². The summed E-state index contributed by atoms with van der Waals surface area (Å²) in [6.07, 6.45) is 7.12. The van der Waals surface area contributed by atoms with Crippen LogP contribution >= 0.6 is 0 Å². The maximum absolute atomic E-state index is 11.4. The van der Waals surface area contributed by atoms with Crippen molar-refractivity contribution in [1.82, 2.24) is 0 Å². The van der Waals surface area contributed by atoms with Gasteiger partial charge in [0.05, 0.1) is 22.4 Å². The Morgan fingerprint density at radius 2 is 1.75 bits per heavy atom. The van der Waals surface area contributed by atoms with Crippen molar-refractivity contribution in [1.29, 1.82) is 0 Å². The van der Waals surface area contributed by atoms with Crippen molar-refractivity contribution >= 4 is 21.5 Å². The molecule has 1 atom stereocenters. The van der Waals surface area contributed by atoms with E-state index in [9.17, 15) is 13.0 Å². The molecule has 0 saturated carbocycles. The van der Waals surface area contributed by atoms with E-state index in [2.05, 4.69) is 29.3 Å². The molecule has 1 N–H and O–H groups in total. The van der Waals surface area contributed by atoms with Gasteiger partial charge >= 0.3 is 29.6 Å². The van der Waals surface area contributed by atoms with Crippen LogP contribution in [-0.4, -0.2) is 19.1 Å². The van der Waals surface area contributed by atoms with Crippen LogP contribution in [0.3, 0.4) is 0 Å². The van der Waals surface area contributed by atoms with Gasteiger partial charge in [0.25, 0.3) is 0 Å². The Morgan fingerprint density at radius 1 is 1.04 bits per heavy atom. The van der Waals surface area contributed by atoms with Gasteiger partial charge in [-0.2, -0.15) is 0 Å². The second-order valence-electron chi connectivity index (χ2n) is 7.11. The third kappa shape index (κ3) is 5.97. The molecule has 146 valence electrons. The third-order valence-corrected chi connectivity index (χ3v) is 5.87. The van der Waals surface area contributed by atoms with E-state index in [1.54, 1.807) is 6.07 Å². The predicted molar refractivity (Wildman–Crippen MR) is 108 cm³/mol. The molecule has 1 unspecified atom stereocenters. The van der Waals surface area contributed by atoms with Crippen molar-refractivity contribution < 1.29 is 42.5 Å². The van der Waals surface area contributed by atoms with Crippen molar-refractivity contribution in [2.75, 3.05) is 10.2 Å². The molecule has 0 aliphatic carbocycles. The normalized spacial score (nSPS) is 15.6. The van der Waals surface area contributed by atoms with Gasteiger partial charge in [-0.25, -0.2) is 8.42 Å². The maximum atomic E-state index is 11.4. The number of rotatable bonds is 9. The summed E-state index contributed by atoms with van der Waals surface area (Å²) >= 11 is 0. The Morgan fingerprint density at radius 3 is 2.43 bits per heavy atom. The number of unbranched alkanes of at least 4 members (excludes halogenated alkanes) is 4. The molecular formula is C21H27N2NaO3S. The molecule has 3 rings (SSSR count). The van der Waals surface area contributed by atoms with E-state index < -0.39 is 10.1 Å². The molecule has 2 aromatic carbocycles. The van der Waals surface area contributed by atoms with E-state index in [1.165, 1.54) is 43.4 Å². The first-order chi connectivity index (χ1) is 13.0. The first kappa shape index (κ1) is 23.2. The van der Waals surface area contributed by atoms with Crippen LogP contribution < -0.4 is 39.8 Å². The molecule has 28 heavy (non-hydrogen) atoms. The molecule has 7 heteroatoms. The summed E-state index contributed by atoms with van der Waals surface area (Å²) in [7, 11) is -4.45. The molecule has 1 aliphatic heterocycles. The summed E-state index contributed by atoms with van der Waals surface area (Å²) in [5, 5.41) is 3.43. The van der Waals surface area contributed by atoms with Crippen LogP contribution in [-0.2, 0) is 16.7 Å². The van der Waals surface area contributed by atoms with Gasteiger partial charge in [0, 0.05) is 6.54 Å². The molecule has 2 aromatic rings. The fraction of sp³-hybridized carbons (Fsp3) is 0.429. The average Bonchev–Trinajstić information content (AvgIpc) is 2.98. The van der Waals surface area contributed by atoms with Crippen molar-refractivity contribution in [2.45, 2.75) is 63.1 Å². The van der Waals surface area contributed by atoms with Crippen LogP contribution in [0.4, 0.5) is 11.4 Å². The first-order valence-corrected chi connectivity index (χ1v) is 11.1. The second kappa shape index (κ2) is 10.6. The molecule has 0 saturated heterocycles. The maximum Gasteiger partial charge on any atom is 1.00 e. The van der Waals surface area contributed by atoms with E-state index in [1.807, 2.05) is 18.2 Å². The van der Waals surface area contributed by atoms with E-state index in [-0.39, 0.29) is 40.6 Å². The van der Waals surface area contributed by atoms with Gasteiger partial charge in [0.1, 0.15) is 10.1 Å². The minimum atomic E-state index is -4.45. The minimum absolute atomic E-state index is 0. The number of hydrogen-bond donors (Lipinski definition) is 1. The first-order valence-electron chi connectivity index (χ1n) is 9.66. The number of benzene rings is 2. The SMILES string of the molecule is CCCCCCCC1Nc2cc(S(=O)(=O)[O-])ccc2N1Cc1ccccc1.[Na+]. The summed E-state index contributed by atoms with van der Waals surface area (Å²) in [6, 6.07) is 14.8. The van der Waals surface area contributed by atoms with E-state index >= 15 is 0 Å². The Hall–Kier alpha value is -1.05. The fourth-order valence-electron chi connectivity index (χ4n) is 3.61. The summed E-state index contributed by atoms with van der Waals surface area (Å²) in [5.41, 5.74) is 2.87. The Labute approximate surface area is 190 Å². The Balaban J connectivity index is 0.00000280. The monoisotopic (exact) mass is 410 g/mol. The van der Waals surface area contributed by atoms with Gasteiger partial charge in [-0.15, -0.1) is 0 Å². The van der Waals surface area contributed by atoms with E-state index in [4.69, 9.17) is 0 Å². The van der Waals surface area contributed by atoms with Gasteiger partial charge in [0.2, 0.25) is 0 Å². The summed E-state index contributed by atoms with van der Waals surface area (Å²) in [5.74, 6) is 0. The van der Waals surface area contributed by atoms with E-state index in [0.29, 0.717) is 0 Å². The fourth-order valence-corrected chi connectivity index (χ4v) is 4.10. The van der Waals surface area contributed by atoms with Crippen molar-refractivity contribution in [3.63, 3.8) is 0 Å². The predicted octanol–water partition coefficient (Wildman–Crippen LogP) is 1.71. The zero-order valence-corrected chi connectivity index (χ0v) is 19.5. The van der Waals surface area contributed by atoms with Gasteiger partial charge in [0.15, 0.2) is 0 Å². The number of hydrogen-bond acceptors (Lipinski definition) is 5. The Kier molecular flexibility index (Phi) is 8.83. The third-order valence-electron chi connectivity index (χ3n) is 5.04. The summed E-state index contributed by atoms with van der Waals surface area (Å²) in [4.78, 5) is 2.09. The second-order valence-corrected chi connectivity index (χ2v) is 8.49. The van der Waals surface area contributed by atoms with Crippen LogP contribution in [0.2, 0.25) is 0 Å². The number of nitrogens with zero attached hydrogens (tertiary/aromatic N) is 1. The molecule has 0 fully saturated rings. The summed E-state index contributed by atoms with van der Waals surface area (Å²) in [6.45, 7) is 2.95. The van der Waals surface area contributed by atoms with Gasteiger partial charge < -0.3 is 14.8 Å². The minimum Gasteiger partial charge on any atom is -0.744 e. The number of fused-ring (bicyclic) bond motifs is 1. The molecule has 5 nitrogen and oxygen atoms in total. The van der Waals surface area contributed by atoms with E-state index in [0.717, 1.165) is 30.8 Å². The summed E-state index contributed by atoms with van der Waals surface area (Å²) < 4.78 is 34.1. The average molecular weight is 411 g/mol. The molecule has 1 heterocycles. The zero-order valence-electron chi connectivity index (χ0n) is 16.7. The van der Waals surface area contributed by atoms with Crippen molar-refractivity contribution in [2.24, 2.45) is 0 Å². The van der Waals surface area contributed by atoms with Gasteiger partial charge in [-0.1, -0.05) is 62.9 Å². The number of anilines is 2.